The van der Waals surface area contributed by atoms with Crippen molar-refractivity contribution in [1.82, 2.24) is 4.57 Å². The smallest absolute Gasteiger partial charge is 0.258 e. The Balaban J connectivity index is 1.78. The Morgan fingerprint density at radius 3 is 2.67 bits per heavy atom. The quantitative estimate of drug-likeness (QED) is 0.682. The molecular weight excluding hydrogens is 364 g/mol. The number of halogens is 1. The molecule has 3 aromatic rings. The first-order valence-electron chi connectivity index (χ1n) is 8.79. The van der Waals surface area contributed by atoms with Crippen LogP contribution >= 0.6 is 11.6 Å². The van der Waals surface area contributed by atoms with E-state index in [1.54, 1.807) is 43.5 Å². The lowest BCUT2D eigenvalue weighted by atomic mass is 10.1. The molecular formula is C21H21ClN2O3. The number of fused-ring (bicyclic) bond motifs is 1. The second-order valence-corrected chi connectivity index (χ2v) is 6.94. The van der Waals surface area contributed by atoms with Gasteiger partial charge in [0.1, 0.15) is 0 Å². The molecule has 27 heavy (non-hydrogen) atoms. The first-order valence-corrected chi connectivity index (χ1v) is 9.17. The number of benzene rings is 2. The minimum atomic E-state index is -0.618. The number of amides is 1. The Kier molecular flexibility index (Phi) is 5.94. The van der Waals surface area contributed by atoms with Gasteiger partial charge in [-0.05, 0) is 43.2 Å². The normalized spacial score (nSPS) is 12.1. The van der Waals surface area contributed by atoms with Gasteiger partial charge in [-0.3, -0.25) is 9.59 Å². The third-order valence-electron chi connectivity index (χ3n) is 4.33. The van der Waals surface area contributed by atoms with Gasteiger partial charge in [0.05, 0.1) is 12.6 Å². The number of nitrogens with one attached hydrogen (secondary N) is 1. The molecule has 2 aromatic carbocycles. The maximum absolute atomic E-state index is 12.6. The second kappa shape index (κ2) is 8.37. The van der Waals surface area contributed by atoms with Crippen LogP contribution in [0.3, 0.4) is 0 Å². The molecule has 1 unspecified atom stereocenters. The number of aliphatic hydroxyl groups excluding tert-OH is 1. The van der Waals surface area contributed by atoms with Crippen molar-refractivity contribution in [3.8, 4) is 0 Å². The van der Waals surface area contributed by atoms with E-state index in [2.05, 4.69) is 5.32 Å². The number of carbonyl (C=O) groups is 1. The number of rotatable bonds is 6. The molecule has 0 radical (unpaired) electrons. The third kappa shape index (κ3) is 4.56. The van der Waals surface area contributed by atoms with E-state index in [0.717, 1.165) is 5.56 Å². The van der Waals surface area contributed by atoms with Gasteiger partial charge in [0.25, 0.3) is 5.56 Å². The van der Waals surface area contributed by atoms with Crippen molar-refractivity contribution < 1.29 is 9.90 Å². The number of nitrogens with zero attached hydrogens (tertiary/aromatic N) is 1. The van der Waals surface area contributed by atoms with Crippen molar-refractivity contribution in [3.63, 3.8) is 0 Å². The predicted octanol–water partition coefficient (Wildman–Crippen LogP) is 3.61. The summed E-state index contributed by atoms with van der Waals surface area (Å²) in [4.78, 5) is 24.9. The summed E-state index contributed by atoms with van der Waals surface area (Å²) in [6.45, 7) is 1.86. The number of carbonyl (C=O) groups excluding carboxylic acids is 1. The van der Waals surface area contributed by atoms with E-state index in [1.165, 1.54) is 4.57 Å². The van der Waals surface area contributed by atoms with Gasteiger partial charge >= 0.3 is 0 Å². The van der Waals surface area contributed by atoms with E-state index in [4.69, 9.17) is 11.6 Å². The Labute approximate surface area is 162 Å². The highest BCUT2D eigenvalue weighted by molar-refractivity contribution is 6.31. The largest absolute Gasteiger partial charge is 0.392 e. The summed E-state index contributed by atoms with van der Waals surface area (Å²) in [7, 11) is 0. The lowest BCUT2D eigenvalue weighted by Crippen LogP contribution is -2.25. The van der Waals surface area contributed by atoms with Gasteiger partial charge in [0.15, 0.2) is 0 Å². The topological polar surface area (TPSA) is 71.3 Å². The molecule has 0 aliphatic heterocycles. The zero-order valence-electron chi connectivity index (χ0n) is 15.0. The molecule has 6 heteroatoms. The maximum Gasteiger partial charge on any atom is 0.258 e. The fourth-order valence-corrected chi connectivity index (χ4v) is 3.25. The molecule has 3 rings (SSSR count). The van der Waals surface area contributed by atoms with Gasteiger partial charge in [0.2, 0.25) is 5.91 Å². The van der Waals surface area contributed by atoms with Crippen LogP contribution in [-0.2, 0) is 17.8 Å². The van der Waals surface area contributed by atoms with Crippen molar-refractivity contribution >= 4 is 34.0 Å². The van der Waals surface area contributed by atoms with Crippen LogP contribution in [0.2, 0.25) is 5.02 Å². The molecule has 0 saturated carbocycles. The van der Waals surface area contributed by atoms with Gasteiger partial charge in [-0.2, -0.15) is 0 Å². The Hall–Kier alpha value is -2.63. The van der Waals surface area contributed by atoms with Crippen molar-refractivity contribution in [2.24, 2.45) is 0 Å². The summed E-state index contributed by atoms with van der Waals surface area (Å²) in [5.41, 5.74) is 1.33. The highest BCUT2D eigenvalue weighted by Crippen LogP contribution is 2.22. The van der Waals surface area contributed by atoms with Crippen LogP contribution in [0.15, 0.2) is 59.5 Å². The lowest BCUT2D eigenvalue weighted by Gasteiger charge is -2.12. The van der Waals surface area contributed by atoms with Gasteiger partial charge in [-0.1, -0.05) is 35.9 Å². The lowest BCUT2D eigenvalue weighted by molar-refractivity contribution is -0.116. The monoisotopic (exact) mass is 384 g/mol. The fraction of sp³-hybridized carbons (Fsp3) is 0.238. The van der Waals surface area contributed by atoms with E-state index < -0.39 is 6.10 Å². The second-order valence-electron chi connectivity index (χ2n) is 6.53. The zero-order valence-corrected chi connectivity index (χ0v) is 15.7. The molecule has 5 nitrogen and oxygen atoms in total. The molecule has 140 valence electrons. The first kappa shape index (κ1) is 19.1. The summed E-state index contributed by atoms with van der Waals surface area (Å²) in [6, 6.07) is 14.5. The number of pyridine rings is 1. The van der Waals surface area contributed by atoms with E-state index in [0.29, 0.717) is 34.3 Å². The van der Waals surface area contributed by atoms with E-state index in [-0.39, 0.29) is 18.0 Å². The number of aromatic nitrogens is 1. The number of aryl methyl sites for hydroxylation is 1. The summed E-state index contributed by atoms with van der Waals surface area (Å²) < 4.78 is 1.47. The molecule has 1 amide bonds. The Morgan fingerprint density at radius 2 is 1.93 bits per heavy atom. The number of hydrogen-bond acceptors (Lipinski definition) is 3. The van der Waals surface area contributed by atoms with Crippen molar-refractivity contribution in [2.75, 3.05) is 5.32 Å². The Morgan fingerprint density at radius 1 is 1.15 bits per heavy atom. The van der Waals surface area contributed by atoms with E-state index >= 15 is 0 Å². The minimum absolute atomic E-state index is 0.143. The summed E-state index contributed by atoms with van der Waals surface area (Å²) in [5, 5.41) is 14.2. The fourth-order valence-electron chi connectivity index (χ4n) is 3.02. The van der Waals surface area contributed by atoms with Crippen LogP contribution < -0.4 is 10.9 Å². The van der Waals surface area contributed by atoms with Crippen molar-refractivity contribution in [2.45, 2.75) is 32.4 Å². The number of aliphatic hydroxyl groups is 1. The van der Waals surface area contributed by atoms with E-state index in [9.17, 15) is 14.7 Å². The maximum atomic E-state index is 12.6. The van der Waals surface area contributed by atoms with Crippen LogP contribution in [0.5, 0.6) is 0 Å². The minimum Gasteiger partial charge on any atom is -0.392 e. The molecule has 0 aliphatic carbocycles. The number of hydrogen-bond donors (Lipinski definition) is 2. The van der Waals surface area contributed by atoms with E-state index in [1.807, 2.05) is 18.2 Å². The third-order valence-corrected chi connectivity index (χ3v) is 4.70. The van der Waals surface area contributed by atoms with Crippen LogP contribution in [0.25, 0.3) is 10.8 Å². The van der Waals surface area contributed by atoms with Crippen LogP contribution in [0.1, 0.15) is 18.9 Å². The molecule has 1 heterocycles. The van der Waals surface area contributed by atoms with Gasteiger partial charge in [-0.15, -0.1) is 0 Å². The highest BCUT2D eigenvalue weighted by Gasteiger charge is 2.11. The molecule has 1 atom stereocenters. The molecule has 0 aliphatic rings. The van der Waals surface area contributed by atoms with Crippen LogP contribution in [0.4, 0.5) is 5.69 Å². The van der Waals surface area contributed by atoms with Crippen LogP contribution in [-0.4, -0.2) is 21.7 Å². The van der Waals surface area contributed by atoms with Gasteiger partial charge < -0.3 is 15.0 Å². The first-order chi connectivity index (χ1) is 13.0. The Bertz CT molecular complexity index is 1030. The molecule has 0 spiro atoms. The molecule has 0 saturated heterocycles. The van der Waals surface area contributed by atoms with Crippen molar-refractivity contribution in [3.05, 3.63) is 75.7 Å². The van der Waals surface area contributed by atoms with Gasteiger partial charge in [0, 0.05) is 34.1 Å². The van der Waals surface area contributed by atoms with Gasteiger partial charge in [-0.25, -0.2) is 0 Å². The number of anilines is 1. The van der Waals surface area contributed by atoms with Crippen molar-refractivity contribution in [1.29, 1.82) is 0 Å². The average Bonchev–Trinajstić information content (AvgIpc) is 2.63. The summed E-state index contributed by atoms with van der Waals surface area (Å²) in [5.74, 6) is -0.143. The summed E-state index contributed by atoms with van der Waals surface area (Å²) in [6.07, 6.45) is 1.85. The van der Waals surface area contributed by atoms with Crippen LogP contribution in [0, 0.1) is 0 Å². The summed E-state index contributed by atoms with van der Waals surface area (Å²) >= 11 is 6.13. The molecule has 0 bridgehead atoms. The standard InChI is InChI=1S/C21H21ClN2O3/c1-14(25)13-24-12-11-16-17(21(24)27)6-4-8-19(16)23-20(26)10-9-15-5-2-3-7-18(15)22/h2-8,11-12,14,25H,9-10,13H2,1H3,(H,23,26). The zero-order chi connectivity index (χ0) is 19.4. The molecule has 0 fully saturated rings. The predicted molar refractivity (Wildman–Crippen MR) is 108 cm³/mol. The average molecular weight is 385 g/mol. The molecule has 2 N–H and O–H groups in total. The highest BCUT2D eigenvalue weighted by atomic mass is 35.5. The molecule has 1 aromatic heterocycles. The SMILES string of the molecule is CC(O)Cn1ccc2c(NC(=O)CCc3ccccc3Cl)cccc2c1=O.